The van der Waals surface area contributed by atoms with Crippen molar-refractivity contribution in [2.24, 2.45) is 0 Å². The fourth-order valence-electron chi connectivity index (χ4n) is 1.99. The molecular weight excluding hydrogens is 236 g/mol. The fraction of sp³-hybridized carbons (Fsp3) is 0.176. The van der Waals surface area contributed by atoms with Gasteiger partial charge in [0.2, 0.25) is 0 Å². The van der Waals surface area contributed by atoms with E-state index in [0.717, 1.165) is 11.1 Å². The Bertz CT molecular complexity index is 478. The third-order valence-corrected chi connectivity index (χ3v) is 3.00. The van der Waals surface area contributed by atoms with Gasteiger partial charge in [-0.05, 0) is 24.1 Å². The van der Waals surface area contributed by atoms with Crippen LogP contribution in [0.4, 0.5) is 0 Å². The molecule has 2 aromatic carbocycles. The summed E-state index contributed by atoms with van der Waals surface area (Å²) in [4.78, 5) is 0. The van der Waals surface area contributed by atoms with E-state index in [0.29, 0.717) is 6.61 Å². The summed E-state index contributed by atoms with van der Waals surface area (Å²) in [5.74, 6) is 0. The highest BCUT2D eigenvalue weighted by atomic mass is 16.5. The maximum absolute atomic E-state index is 11.0. The maximum Gasteiger partial charge on any atom is 0.136 e. The minimum atomic E-state index is -1.17. The summed E-state index contributed by atoms with van der Waals surface area (Å²) in [6.45, 7) is 2.49. The average Bonchev–Trinajstić information content (AvgIpc) is 2.49. The highest BCUT2D eigenvalue weighted by molar-refractivity contribution is 5.40. The summed E-state index contributed by atoms with van der Waals surface area (Å²) >= 11 is 0. The molecule has 0 unspecified atom stereocenters. The Labute approximate surface area is 114 Å². The normalized spacial score (nSPS) is 11.7. The van der Waals surface area contributed by atoms with Crippen LogP contribution in [0.25, 0.3) is 0 Å². The van der Waals surface area contributed by atoms with E-state index in [1.54, 1.807) is 12.3 Å². The zero-order chi connectivity index (χ0) is 13.6. The average molecular weight is 254 g/mol. The van der Waals surface area contributed by atoms with Crippen molar-refractivity contribution in [1.82, 2.24) is 0 Å². The molecular formula is C17H18O2. The minimum Gasteiger partial charge on any atom is -0.502 e. The SMILES string of the molecule is CCO/C=C/C(O)(c1ccccc1)c1ccccc1. The molecule has 0 aromatic heterocycles. The van der Waals surface area contributed by atoms with E-state index in [-0.39, 0.29) is 0 Å². The predicted octanol–water partition coefficient (Wildman–Crippen LogP) is 3.47. The zero-order valence-corrected chi connectivity index (χ0v) is 11.0. The monoisotopic (exact) mass is 254 g/mol. The zero-order valence-electron chi connectivity index (χ0n) is 11.0. The molecule has 98 valence electrons. The topological polar surface area (TPSA) is 29.5 Å². The second-order valence-corrected chi connectivity index (χ2v) is 4.26. The standard InChI is InChI=1S/C17H18O2/c1-2-19-14-13-17(18,15-9-5-3-6-10-15)16-11-7-4-8-12-16/h3-14,18H,2H2,1H3/b14-13+. The van der Waals surface area contributed by atoms with E-state index in [1.807, 2.05) is 67.6 Å². The Kier molecular flexibility index (Phi) is 4.37. The van der Waals surface area contributed by atoms with Gasteiger partial charge in [0.05, 0.1) is 12.9 Å². The van der Waals surface area contributed by atoms with Gasteiger partial charge in [0.25, 0.3) is 0 Å². The van der Waals surface area contributed by atoms with Crippen LogP contribution in [0.5, 0.6) is 0 Å². The van der Waals surface area contributed by atoms with Crippen molar-refractivity contribution in [2.45, 2.75) is 12.5 Å². The first kappa shape index (κ1) is 13.4. The van der Waals surface area contributed by atoms with Gasteiger partial charge in [0.15, 0.2) is 0 Å². The summed E-state index contributed by atoms with van der Waals surface area (Å²) in [7, 11) is 0. The lowest BCUT2D eigenvalue weighted by Crippen LogP contribution is -2.24. The van der Waals surface area contributed by atoms with Crippen LogP contribution in [0.15, 0.2) is 73.0 Å². The van der Waals surface area contributed by atoms with E-state index in [1.165, 1.54) is 0 Å². The lowest BCUT2D eigenvalue weighted by molar-refractivity contribution is 0.129. The quantitative estimate of drug-likeness (QED) is 0.828. The van der Waals surface area contributed by atoms with E-state index >= 15 is 0 Å². The fourth-order valence-corrected chi connectivity index (χ4v) is 1.99. The smallest absolute Gasteiger partial charge is 0.136 e. The number of hydrogen-bond donors (Lipinski definition) is 1. The van der Waals surface area contributed by atoms with Gasteiger partial charge in [0, 0.05) is 0 Å². The summed E-state index contributed by atoms with van der Waals surface area (Å²) in [6, 6.07) is 19.1. The molecule has 2 nitrogen and oxygen atoms in total. The second kappa shape index (κ2) is 6.21. The van der Waals surface area contributed by atoms with Gasteiger partial charge >= 0.3 is 0 Å². The molecule has 0 fully saturated rings. The summed E-state index contributed by atoms with van der Waals surface area (Å²) in [6.07, 6.45) is 3.24. The lowest BCUT2D eigenvalue weighted by Gasteiger charge is -2.25. The van der Waals surface area contributed by atoms with Crippen LogP contribution in [-0.2, 0) is 10.3 Å². The Hall–Kier alpha value is -2.06. The van der Waals surface area contributed by atoms with Crippen LogP contribution in [-0.4, -0.2) is 11.7 Å². The molecule has 1 N–H and O–H groups in total. The third-order valence-electron chi connectivity index (χ3n) is 3.00. The molecule has 2 aromatic rings. The molecule has 0 aliphatic heterocycles. The molecule has 19 heavy (non-hydrogen) atoms. The number of rotatable bonds is 5. The molecule has 0 heterocycles. The van der Waals surface area contributed by atoms with Crippen molar-refractivity contribution in [1.29, 1.82) is 0 Å². The Morgan fingerprint density at radius 2 is 1.42 bits per heavy atom. The largest absolute Gasteiger partial charge is 0.502 e. The van der Waals surface area contributed by atoms with Gasteiger partial charge in [-0.2, -0.15) is 0 Å². The molecule has 0 bridgehead atoms. The Balaban J connectivity index is 2.45. The van der Waals surface area contributed by atoms with Gasteiger partial charge in [-0.3, -0.25) is 0 Å². The summed E-state index contributed by atoms with van der Waals surface area (Å²) in [5, 5.41) is 11.0. The highest BCUT2D eigenvalue weighted by Crippen LogP contribution is 2.30. The van der Waals surface area contributed by atoms with E-state index in [9.17, 15) is 5.11 Å². The first-order valence-corrected chi connectivity index (χ1v) is 6.40. The Morgan fingerprint density at radius 3 is 1.84 bits per heavy atom. The van der Waals surface area contributed by atoms with Crippen LogP contribution < -0.4 is 0 Å². The second-order valence-electron chi connectivity index (χ2n) is 4.26. The van der Waals surface area contributed by atoms with E-state index in [2.05, 4.69) is 0 Å². The van der Waals surface area contributed by atoms with Gasteiger partial charge in [-0.15, -0.1) is 0 Å². The third kappa shape index (κ3) is 3.04. The first-order valence-electron chi connectivity index (χ1n) is 6.40. The van der Waals surface area contributed by atoms with Crippen molar-refractivity contribution in [3.63, 3.8) is 0 Å². The Morgan fingerprint density at radius 1 is 0.947 bits per heavy atom. The molecule has 2 rings (SSSR count). The minimum absolute atomic E-state index is 0.580. The van der Waals surface area contributed by atoms with Crippen LogP contribution in [0, 0.1) is 0 Å². The molecule has 0 atom stereocenters. The van der Waals surface area contributed by atoms with Crippen molar-refractivity contribution >= 4 is 0 Å². The van der Waals surface area contributed by atoms with Gasteiger partial charge in [0.1, 0.15) is 5.60 Å². The van der Waals surface area contributed by atoms with Crippen LogP contribution >= 0.6 is 0 Å². The summed E-state index contributed by atoms with van der Waals surface area (Å²) in [5.41, 5.74) is 0.465. The van der Waals surface area contributed by atoms with Gasteiger partial charge in [-0.25, -0.2) is 0 Å². The van der Waals surface area contributed by atoms with Crippen LogP contribution in [0.1, 0.15) is 18.1 Å². The summed E-state index contributed by atoms with van der Waals surface area (Å²) < 4.78 is 5.23. The molecule has 0 saturated carbocycles. The number of ether oxygens (including phenoxy) is 1. The first-order chi connectivity index (χ1) is 9.27. The van der Waals surface area contributed by atoms with Crippen molar-refractivity contribution in [3.05, 3.63) is 84.1 Å². The van der Waals surface area contributed by atoms with Crippen molar-refractivity contribution < 1.29 is 9.84 Å². The van der Waals surface area contributed by atoms with Crippen LogP contribution in [0.3, 0.4) is 0 Å². The highest BCUT2D eigenvalue weighted by Gasteiger charge is 2.28. The molecule has 2 heteroatoms. The molecule has 0 aliphatic carbocycles. The maximum atomic E-state index is 11.0. The van der Waals surface area contributed by atoms with Gasteiger partial charge in [-0.1, -0.05) is 60.7 Å². The predicted molar refractivity (Wildman–Crippen MR) is 76.6 cm³/mol. The van der Waals surface area contributed by atoms with E-state index in [4.69, 9.17) is 4.74 Å². The lowest BCUT2D eigenvalue weighted by atomic mass is 9.86. The number of benzene rings is 2. The number of aliphatic hydroxyl groups is 1. The van der Waals surface area contributed by atoms with Crippen molar-refractivity contribution in [2.75, 3.05) is 6.61 Å². The van der Waals surface area contributed by atoms with Gasteiger partial charge < -0.3 is 9.84 Å². The molecule has 0 aliphatic rings. The number of hydrogen-bond acceptors (Lipinski definition) is 2. The molecule has 0 spiro atoms. The molecule has 0 amide bonds. The van der Waals surface area contributed by atoms with Crippen LogP contribution in [0.2, 0.25) is 0 Å². The van der Waals surface area contributed by atoms with Crippen molar-refractivity contribution in [3.8, 4) is 0 Å². The molecule has 0 saturated heterocycles. The van der Waals surface area contributed by atoms with E-state index < -0.39 is 5.60 Å². The molecule has 0 radical (unpaired) electrons.